The predicted octanol–water partition coefficient (Wildman–Crippen LogP) is 4.09. The Bertz CT molecular complexity index is 1260. The monoisotopic (exact) mass is 469 g/mol. The van der Waals surface area contributed by atoms with Gasteiger partial charge in [-0.2, -0.15) is 9.57 Å². The smallest absolute Gasteiger partial charge is 0.251 e. The summed E-state index contributed by atoms with van der Waals surface area (Å²) < 4.78 is 33.6. The molecular weight excluding hydrogens is 450 g/mol. The van der Waals surface area contributed by atoms with E-state index in [1.165, 1.54) is 28.8 Å². The van der Waals surface area contributed by atoms with E-state index >= 15 is 0 Å². The number of nitrogens with zero attached hydrogens (tertiary/aromatic N) is 2. The van der Waals surface area contributed by atoms with Gasteiger partial charge >= 0.3 is 0 Å². The molecule has 0 bridgehead atoms. The average molecular weight is 470 g/mol. The van der Waals surface area contributed by atoms with Crippen molar-refractivity contribution in [3.63, 3.8) is 0 Å². The third-order valence-electron chi connectivity index (χ3n) is 5.08. The van der Waals surface area contributed by atoms with Gasteiger partial charge in [-0.3, -0.25) is 4.79 Å². The Morgan fingerprint density at radius 1 is 1.16 bits per heavy atom. The fourth-order valence-electron chi connectivity index (χ4n) is 3.20. The lowest BCUT2D eigenvalue weighted by Gasteiger charge is -2.22. The summed E-state index contributed by atoms with van der Waals surface area (Å²) in [5, 5.41) is 12.6. The van der Waals surface area contributed by atoms with Crippen LogP contribution < -0.4 is 5.32 Å². The minimum absolute atomic E-state index is 0.00550. The molecule has 4 rings (SSSR count). The Kier molecular flexibility index (Phi) is 6.33. The summed E-state index contributed by atoms with van der Waals surface area (Å²) in [6.45, 7) is -0.0123. The van der Waals surface area contributed by atoms with E-state index in [-0.39, 0.29) is 40.5 Å². The zero-order chi connectivity index (χ0) is 22.7. The van der Waals surface area contributed by atoms with Crippen LogP contribution in [0.5, 0.6) is 0 Å². The second-order valence-electron chi connectivity index (χ2n) is 7.55. The Balaban J connectivity index is 1.63. The minimum Gasteiger partial charge on any atom is -0.468 e. The first-order valence-corrected chi connectivity index (χ1v) is 11.8. The van der Waals surface area contributed by atoms with Gasteiger partial charge in [0.1, 0.15) is 16.7 Å². The molecule has 0 spiro atoms. The van der Waals surface area contributed by atoms with Gasteiger partial charge in [-0.1, -0.05) is 23.7 Å². The zero-order valence-corrected chi connectivity index (χ0v) is 18.6. The highest BCUT2D eigenvalue weighted by atomic mass is 35.5. The molecule has 1 aliphatic carbocycles. The Morgan fingerprint density at radius 2 is 1.91 bits per heavy atom. The summed E-state index contributed by atoms with van der Waals surface area (Å²) >= 11 is 6.03. The van der Waals surface area contributed by atoms with Crippen LogP contribution >= 0.6 is 11.6 Å². The maximum Gasteiger partial charge on any atom is 0.251 e. The van der Waals surface area contributed by atoms with Gasteiger partial charge < -0.3 is 9.73 Å². The molecule has 0 atom stereocenters. The van der Waals surface area contributed by atoms with Crippen LogP contribution in [0, 0.1) is 11.3 Å². The lowest BCUT2D eigenvalue weighted by atomic mass is 10.1. The van der Waals surface area contributed by atoms with Crippen molar-refractivity contribution in [3.05, 3.63) is 88.3 Å². The maximum absolute atomic E-state index is 13.5. The second kappa shape index (κ2) is 9.17. The van der Waals surface area contributed by atoms with Gasteiger partial charge in [-0.05, 0) is 60.9 Å². The van der Waals surface area contributed by atoms with Crippen molar-refractivity contribution in [2.75, 3.05) is 0 Å². The van der Waals surface area contributed by atoms with Crippen molar-refractivity contribution in [2.24, 2.45) is 0 Å². The largest absolute Gasteiger partial charge is 0.468 e. The van der Waals surface area contributed by atoms with Crippen molar-refractivity contribution in [3.8, 4) is 6.07 Å². The summed E-state index contributed by atoms with van der Waals surface area (Å²) in [6, 6.07) is 16.4. The van der Waals surface area contributed by atoms with Crippen LogP contribution in [0.1, 0.15) is 40.1 Å². The van der Waals surface area contributed by atoms with Gasteiger partial charge in [0.2, 0.25) is 10.0 Å². The molecule has 32 heavy (non-hydrogen) atoms. The number of hydrogen-bond acceptors (Lipinski definition) is 5. The van der Waals surface area contributed by atoms with Gasteiger partial charge in [0.25, 0.3) is 5.91 Å². The molecule has 0 saturated heterocycles. The minimum atomic E-state index is -4.09. The average Bonchev–Trinajstić information content (AvgIpc) is 3.45. The second-order valence-corrected chi connectivity index (χ2v) is 9.89. The van der Waals surface area contributed by atoms with E-state index in [0.717, 1.165) is 12.8 Å². The Labute approximate surface area is 191 Å². The summed E-state index contributed by atoms with van der Waals surface area (Å²) in [4.78, 5) is 12.0. The summed E-state index contributed by atoms with van der Waals surface area (Å²) in [6.07, 6.45) is 3.46. The van der Waals surface area contributed by atoms with Gasteiger partial charge in [0.15, 0.2) is 0 Å². The quantitative estimate of drug-likeness (QED) is 0.535. The van der Waals surface area contributed by atoms with Crippen molar-refractivity contribution in [1.29, 1.82) is 5.26 Å². The molecule has 0 aliphatic heterocycles. The normalized spacial score (nSPS) is 13.7. The number of benzene rings is 2. The fraction of sp³-hybridized carbons (Fsp3) is 0.217. The van der Waals surface area contributed by atoms with Gasteiger partial charge in [0.05, 0.1) is 18.4 Å². The summed E-state index contributed by atoms with van der Waals surface area (Å²) in [5.41, 5.74) is 1.21. The summed E-state index contributed by atoms with van der Waals surface area (Å²) in [7, 11) is -4.09. The van der Waals surface area contributed by atoms with Gasteiger partial charge in [0, 0.05) is 23.2 Å². The molecule has 7 nitrogen and oxygen atoms in total. The van der Waals surface area contributed by atoms with E-state index in [1.807, 2.05) is 6.07 Å². The number of carbonyl (C=O) groups is 1. The number of halogens is 1. The van der Waals surface area contributed by atoms with E-state index in [4.69, 9.17) is 16.0 Å². The highest BCUT2D eigenvalue weighted by molar-refractivity contribution is 7.89. The molecule has 0 unspecified atom stereocenters. The van der Waals surface area contributed by atoms with Crippen molar-refractivity contribution in [2.45, 2.75) is 36.9 Å². The molecule has 1 amide bonds. The Hall–Kier alpha value is -3.12. The number of nitrogens with one attached hydrogen (secondary N) is 1. The lowest BCUT2D eigenvalue weighted by Crippen LogP contribution is -2.31. The number of carbonyl (C=O) groups excluding carboxylic acids is 1. The van der Waals surface area contributed by atoms with E-state index in [2.05, 4.69) is 5.32 Å². The van der Waals surface area contributed by atoms with Crippen LogP contribution in [0.4, 0.5) is 0 Å². The number of furan rings is 1. The molecule has 164 valence electrons. The molecule has 1 aliphatic rings. The molecule has 1 N–H and O–H groups in total. The van der Waals surface area contributed by atoms with E-state index in [9.17, 15) is 18.5 Å². The van der Waals surface area contributed by atoms with Crippen molar-refractivity contribution in [1.82, 2.24) is 9.62 Å². The van der Waals surface area contributed by atoms with Crippen LogP contribution in [-0.2, 0) is 23.1 Å². The van der Waals surface area contributed by atoms with Crippen LogP contribution in [0.2, 0.25) is 5.02 Å². The molecule has 3 aromatic rings. The van der Waals surface area contributed by atoms with E-state index in [0.29, 0.717) is 16.9 Å². The molecular formula is C23H20ClN3O4S. The zero-order valence-electron chi connectivity index (χ0n) is 17.0. The standard InChI is InChI=1S/C23H20ClN3O4S/c24-19-8-7-18(13-25)22(12-19)32(29,30)27(15-21-2-1-11-31-21)14-16-3-5-17(6-4-16)23(28)26-20-9-10-20/h1-8,11-12,20H,9-10,14-15H2,(H,26,28). The summed E-state index contributed by atoms with van der Waals surface area (Å²) in [5.74, 6) is 0.311. The molecule has 0 radical (unpaired) electrons. The number of nitriles is 1. The molecule has 1 aromatic heterocycles. The van der Waals surface area contributed by atoms with Crippen molar-refractivity contribution < 1.29 is 17.6 Å². The first-order valence-electron chi connectivity index (χ1n) is 9.99. The van der Waals surface area contributed by atoms with Crippen LogP contribution in [0.25, 0.3) is 0 Å². The van der Waals surface area contributed by atoms with E-state index in [1.54, 1.807) is 36.4 Å². The fourth-order valence-corrected chi connectivity index (χ4v) is 5.00. The van der Waals surface area contributed by atoms with Crippen molar-refractivity contribution >= 4 is 27.5 Å². The molecule has 1 saturated carbocycles. The molecule has 1 heterocycles. The SMILES string of the molecule is N#Cc1ccc(Cl)cc1S(=O)(=O)N(Cc1ccc(C(=O)NC2CC2)cc1)Cc1ccco1. The van der Waals surface area contributed by atoms with E-state index < -0.39 is 10.0 Å². The predicted molar refractivity (Wildman–Crippen MR) is 118 cm³/mol. The third kappa shape index (κ3) is 5.02. The lowest BCUT2D eigenvalue weighted by molar-refractivity contribution is 0.0951. The topological polar surface area (TPSA) is 103 Å². The molecule has 9 heteroatoms. The highest BCUT2D eigenvalue weighted by Gasteiger charge is 2.29. The maximum atomic E-state index is 13.5. The number of amides is 1. The third-order valence-corrected chi connectivity index (χ3v) is 7.15. The van der Waals surface area contributed by atoms with Gasteiger partial charge in [-0.15, -0.1) is 0 Å². The molecule has 2 aromatic carbocycles. The van der Waals surface area contributed by atoms with Crippen LogP contribution in [0.15, 0.2) is 70.2 Å². The first kappa shape index (κ1) is 22.1. The molecule has 1 fully saturated rings. The number of hydrogen-bond donors (Lipinski definition) is 1. The number of rotatable bonds is 8. The number of sulfonamides is 1. The van der Waals surface area contributed by atoms with Crippen LogP contribution in [-0.4, -0.2) is 24.7 Å². The Morgan fingerprint density at radius 3 is 2.53 bits per heavy atom. The van der Waals surface area contributed by atoms with Crippen LogP contribution in [0.3, 0.4) is 0 Å². The van der Waals surface area contributed by atoms with Gasteiger partial charge in [-0.25, -0.2) is 8.42 Å². The first-order chi connectivity index (χ1) is 15.4. The highest BCUT2D eigenvalue weighted by Crippen LogP contribution is 2.27.